The van der Waals surface area contributed by atoms with Crippen LogP contribution in [0.5, 0.6) is 0 Å². The third-order valence-electron chi connectivity index (χ3n) is 9.71. The smallest absolute Gasteiger partial charge is 0.444 e. The van der Waals surface area contributed by atoms with Crippen molar-refractivity contribution < 1.29 is 46.8 Å². The fraction of sp³-hybridized carbons (Fsp3) is 0.697. The molecule has 2 heterocycles. The predicted octanol–water partition coefficient (Wildman–Crippen LogP) is 1.56. The molecule has 2 aliphatic rings. The molecule has 2 aliphatic heterocycles. The molecule has 51 heavy (non-hydrogen) atoms. The Morgan fingerprint density at radius 1 is 1.12 bits per heavy atom. The van der Waals surface area contributed by atoms with Crippen molar-refractivity contribution in [2.24, 2.45) is 11.3 Å². The first kappa shape index (κ1) is 41.9. The highest BCUT2D eigenvalue weighted by Gasteiger charge is 2.46. The number of urea groups is 1. The zero-order valence-electron chi connectivity index (χ0n) is 30.8. The molecule has 1 saturated heterocycles. The Morgan fingerprint density at radius 2 is 1.78 bits per heavy atom. The van der Waals surface area contributed by atoms with Gasteiger partial charge in [0.05, 0.1) is 25.3 Å². The maximum Gasteiger partial charge on any atom is 0.475 e. The number of benzene rings is 1. The zero-order chi connectivity index (χ0) is 38.4. The summed E-state index contributed by atoms with van der Waals surface area (Å²) in [5, 5.41) is 27.9. The van der Waals surface area contributed by atoms with Gasteiger partial charge in [0, 0.05) is 38.2 Å². The van der Waals surface area contributed by atoms with Crippen molar-refractivity contribution in [3.8, 4) is 0 Å². The number of nitrogens with zero attached hydrogens (tertiary/aromatic N) is 3. The molecule has 1 fully saturated rings. The van der Waals surface area contributed by atoms with Gasteiger partial charge in [0.1, 0.15) is 24.0 Å². The van der Waals surface area contributed by atoms with E-state index in [0.717, 1.165) is 10.6 Å². The van der Waals surface area contributed by atoms with E-state index in [1.165, 1.54) is 22.9 Å². The molecule has 15 nitrogen and oxygen atoms in total. The molecule has 0 spiro atoms. The number of nitrogens with one attached hydrogen (secondary N) is 3. The van der Waals surface area contributed by atoms with Crippen LogP contribution in [0.25, 0.3) is 0 Å². The number of amides is 5. The van der Waals surface area contributed by atoms with Crippen LogP contribution in [0, 0.1) is 17.2 Å². The quantitative estimate of drug-likeness (QED) is 0.176. The fourth-order valence-electron chi connectivity index (χ4n) is 6.12. The molecule has 0 bridgehead atoms. The zero-order valence-corrected chi connectivity index (χ0v) is 31.6. The number of rotatable bonds is 14. The highest BCUT2D eigenvalue weighted by molar-refractivity contribution is 7.88. The largest absolute Gasteiger partial charge is 0.475 e. The maximum atomic E-state index is 14.4. The van der Waals surface area contributed by atoms with Crippen molar-refractivity contribution in [3.05, 3.63) is 35.1 Å². The molecule has 0 aliphatic carbocycles. The van der Waals surface area contributed by atoms with Crippen molar-refractivity contribution in [1.29, 1.82) is 0 Å². The van der Waals surface area contributed by atoms with Gasteiger partial charge >= 0.3 is 19.2 Å². The number of likely N-dealkylation sites (tertiary alicyclic amines) is 1. The second-order valence-corrected chi connectivity index (χ2v) is 16.8. The van der Waals surface area contributed by atoms with Crippen molar-refractivity contribution >= 4 is 41.1 Å². The van der Waals surface area contributed by atoms with Gasteiger partial charge in [0.2, 0.25) is 21.8 Å². The van der Waals surface area contributed by atoms with E-state index >= 15 is 0 Å². The average molecular weight is 741 g/mol. The first-order valence-corrected chi connectivity index (χ1v) is 19.2. The topological polar surface area (TPSA) is 198 Å². The van der Waals surface area contributed by atoms with E-state index < -0.39 is 88.4 Å². The van der Waals surface area contributed by atoms with Crippen LogP contribution in [0.1, 0.15) is 78.4 Å². The maximum absolute atomic E-state index is 14.4. The van der Waals surface area contributed by atoms with Crippen molar-refractivity contribution in [1.82, 2.24) is 30.1 Å². The summed E-state index contributed by atoms with van der Waals surface area (Å²) in [6.45, 7) is 10.8. The predicted molar refractivity (Wildman–Crippen MR) is 189 cm³/mol. The number of hydrogen-bond acceptors (Lipinski definition) is 9. The lowest BCUT2D eigenvalue weighted by Gasteiger charge is -2.35. The van der Waals surface area contributed by atoms with E-state index in [1.54, 1.807) is 19.1 Å². The van der Waals surface area contributed by atoms with Gasteiger partial charge in [0.15, 0.2) is 0 Å². The molecule has 1 aromatic rings. The van der Waals surface area contributed by atoms with Crippen LogP contribution in [0.4, 0.5) is 14.0 Å². The summed E-state index contributed by atoms with van der Waals surface area (Å²) in [7, 11) is -4.01. The summed E-state index contributed by atoms with van der Waals surface area (Å²) >= 11 is 0. The van der Waals surface area contributed by atoms with E-state index in [4.69, 9.17) is 4.74 Å². The van der Waals surface area contributed by atoms with Crippen LogP contribution < -0.4 is 16.0 Å². The minimum absolute atomic E-state index is 0.00212. The van der Waals surface area contributed by atoms with E-state index in [9.17, 15) is 42.0 Å². The summed E-state index contributed by atoms with van der Waals surface area (Å²) in [6.07, 6.45) is 0.491. The van der Waals surface area contributed by atoms with Gasteiger partial charge in [-0.15, -0.1) is 0 Å². The van der Waals surface area contributed by atoms with Gasteiger partial charge in [-0.1, -0.05) is 66.5 Å². The number of likely N-dealkylation sites (N-methyl/N-ethyl adjacent to an activating group) is 1. The summed E-state index contributed by atoms with van der Waals surface area (Å²) in [5.74, 6) is -3.19. The number of fused-ring (bicyclic) bond motifs is 1. The highest BCUT2D eigenvalue weighted by Crippen LogP contribution is 2.29. The summed E-state index contributed by atoms with van der Waals surface area (Å²) < 4.78 is 45.5. The third-order valence-corrected chi connectivity index (χ3v) is 11.0. The molecular formula is C33H54BFN6O9S. The molecule has 1 aromatic carbocycles. The van der Waals surface area contributed by atoms with Crippen LogP contribution in [0.2, 0.25) is 0 Å². The molecule has 5 amide bonds. The first-order valence-electron chi connectivity index (χ1n) is 17.3. The van der Waals surface area contributed by atoms with Crippen molar-refractivity contribution in [3.63, 3.8) is 0 Å². The monoisotopic (exact) mass is 740 g/mol. The minimum Gasteiger partial charge on any atom is -0.444 e. The molecule has 5 N–H and O–H groups in total. The van der Waals surface area contributed by atoms with Gasteiger partial charge in [-0.25, -0.2) is 26.7 Å². The van der Waals surface area contributed by atoms with Crippen molar-refractivity contribution in [2.75, 3.05) is 26.4 Å². The Kier molecular flexibility index (Phi) is 14.3. The van der Waals surface area contributed by atoms with Crippen LogP contribution in [0.15, 0.2) is 18.2 Å². The number of carbonyl (C=O) groups excluding carboxylic acids is 4. The summed E-state index contributed by atoms with van der Waals surface area (Å²) in [6, 6.07) is 0.890. The standard InChI is InChI=1S/C33H54BFN6O9S/c1-9-12-27(34(46)47)37-29(42)25-15-22(50-32(45)40-16-21-13-11-14-24(35)23(21)18-40)17-41(25)30(43)28(20(3)10-2)38-31(44)36-26(33(4,5)6)19-39(7)51(8,48)49/h11,13-14,20,22,25-28,46-47H,9-10,12,15-19H2,1-8H3,(H,37,42)(H2,36,38,44)/t20-,22-,25+,26-,27+,28+/m1/s1. The van der Waals surface area contributed by atoms with Crippen LogP contribution >= 0.6 is 0 Å². The molecule has 0 unspecified atom stereocenters. The van der Waals surface area contributed by atoms with Crippen molar-refractivity contribution in [2.45, 2.75) is 110 Å². The van der Waals surface area contributed by atoms with E-state index in [0.29, 0.717) is 24.0 Å². The van der Waals surface area contributed by atoms with Crippen LogP contribution in [-0.2, 0) is 37.4 Å². The first-order chi connectivity index (χ1) is 23.7. The highest BCUT2D eigenvalue weighted by atomic mass is 32.2. The molecule has 0 radical (unpaired) electrons. The van der Waals surface area contributed by atoms with Gasteiger partial charge < -0.3 is 35.6 Å². The molecule has 6 atom stereocenters. The molecule has 18 heteroatoms. The number of hydrogen-bond donors (Lipinski definition) is 5. The average Bonchev–Trinajstić information content (AvgIpc) is 3.67. The van der Waals surface area contributed by atoms with Crippen LogP contribution in [0.3, 0.4) is 0 Å². The van der Waals surface area contributed by atoms with E-state index in [1.807, 2.05) is 34.6 Å². The number of ether oxygens (including phenoxy) is 1. The fourth-order valence-corrected chi connectivity index (χ4v) is 6.54. The third kappa shape index (κ3) is 11.0. The Balaban J connectivity index is 1.85. The number of sulfonamides is 1. The second-order valence-electron chi connectivity index (χ2n) is 14.7. The lowest BCUT2D eigenvalue weighted by atomic mass is 9.76. The van der Waals surface area contributed by atoms with E-state index in [-0.39, 0.29) is 39.0 Å². The normalized spacial score (nSPS) is 19.9. The Hall–Kier alpha value is -3.48. The van der Waals surface area contributed by atoms with Gasteiger partial charge in [-0.2, -0.15) is 0 Å². The Morgan fingerprint density at radius 3 is 2.33 bits per heavy atom. The minimum atomic E-state index is -3.55. The van der Waals surface area contributed by atoms with Gasteiger partial charge in [-0.3, -0.25) is 14.5 Å². The molecule has 286 valence electrons. The lowest BCUT2D eigenvalue weighted by molar-refractivity contribution is -0.141. The molecule has 0 aromatic heterocycles. The molecule has 0 saturated carbocycles. The molecule has 3 rings (SSSR count). The molecular weight excluding hydrogens is 686 g/mol. The SMILES string of the molecule is CCC[C@H](NC(=O)[C@@H]1C[C@@H](OC(=O)N2Cc3cccc(F)c3C2)CN1C(=O)[C@@H](NC(=O)N[C@H](CN(C)S(C)(=O)=O)C(C)(C)C)[C@H](C)CC)B(O)O. The Bertz CT molecular complexity index is 1530. The van der Waals surface area contributed by atoms with Gasteiger partial charge in [0.25, 0.3) is 0 Å². The summed E-state index contributed by atoms with van der Waals surface area (Å²) in [4.78, 5) is 57.3. The van der Waals surface area contributed by atoms with Gasteiger partial charge in [-0.05, 0) is 29.4 Å². The Labute approximate surface area is 300 Å². The number of halogens is 1. The number of carbonyl (C=O) groups is 4. The second kappa shape index (κ2) is 17.4. The lowest BCUT2D eigenvalue weighted by Crippen LogP contribution is -2.60. The van der Waals surface area contributed by atoms with E-state index in [2.05, 4.69) is 16.0 Å². The summed E-state index contributed by atoms with van der Waals surface area (Å²) in [5.41, 5.74) is 0.460. The van der Waals surface area contributed by atoms with Crippen LogP contribution in [-0.4, -0.2) is 120 Å².